The van der Waals surface area contributed by atoms with Crippen molar-refractivity contribution in [3.63, 3.8) is 0 Å². The Hall–Kier alpha value is -2.04. The number of carbonyl (C=O) groups excluding carboxylic acids is 1. The van der Waals surface area contributed by atoms with Gasteiger partial charge in [0.05, 0.1) is 0 Å². The summed E-state index contributed by atoms with van der Waals surface area (Å²) in [6.07, 6.45) is 1.43. The first kappa shape index (κ1) is 17.3. The molecule has 3 N–H and O–H groups in total. The molecule has 1 aromatic carbocycles. The van der Waals surface area contributed by atoms with Crippen molar-refractivity contribution in [1.29, 1.82) is 0 Å². The summed E-state index contributed by atoms with van der Waals surface area (Å²) in [4.78, 5) is 15.9. The Labute approximate surface area is 139 Å². The highest BCUT2D eigenvalue weighted by molar-refractivity contribution is 5.81. The molecule has 1 aliphatic heterocycles. The summed E-state index contributed by atoms with van der Waals surface area (Å²) >= 11 is 0. The molecule has 126 valence electrons. The number of hydrogen-bond donors (Lipinski definition) is 3. The van der Waals surface area contributed by atoms with E-state index >= 15 is 0 Å². The molecular formula is C18H28N4O. The van der Waals surface area contributed by atoms with Crippen LogP contribution in [0.2, 0.25) is 0 Å². The van der Waals surface area contributed by atoms with Crippen molar-refractivity contribution < 1.29 is 4.79 Å². The van der Waals surface area contributed by atoms with Crippen LogP contribution >= 0.6 is 0 Å². The van der Waals surface area contributed by atoms with E-state index in [0.717, 1.165) is 25.5 Å². The van der Waals surface area contributed by atoms with Crippen molar-refractivity contribution in [2.45, 2.75) is 45.6 Å². The van der Waals surface area contributed by atoms with Crippen LogP contribution in [-0.2, 0) is 4.79 Å². The molecular weight excluding hydrogens is 288 g/mol. The summed E-state index contributed by atoms with van der Waals surface area (Å²) in [7, 11) is 0. The van der Waals surface area contributed by atoms with Crippen LogP contribution in [0.4, 0.5) is 0 Å². The van der Waals surface area contributed by atoms with E-state index in [1.165, 1.54) is 11.1 Å². The maximum absolute atomic E-state index is 11.2. The van der Waals surface area contributed by atoms with E-state index in [1.807, 2.05) is 0 Å². The molecule has 1 amide bonds. The van der Waals surface area contributed by atoms with Crippen molar-refractivity contribution >= 4 is 11.9 Å². The summed E-state index contributed by atoms with van der Waals surface area (Å²) in [6, 6.07) is 8.84. The Morgan fingerprint density at radius 3 is 2.96 bits per heavy atom. The zero-order chi connectivity index (χ0) is 16.7. The molecule has 0 aliphatic carbocycles. The summed E-state index contributed by atoms with van der Waals surface area (Å²) in [5.41, 5.74) is 2.59. The second kappa shape index (κ2) is 8.56. The fraction of sp³-hybridized carbons (Fsp3) is 0.556. The maximum Gasteiger partial charge on any atom is 0.220 e. The first-order chi connectivity index (χ1) is 11.1. The third kappa shape index (κ3) is 5.58. The predicted molar refractivity (Wildman–Crippen MR) is 94.7 cm³/mol. The molecule has 2 unspecified atom stereocenters. The minimum Gasteiger partial charge on any atom is -0.357 e. The molecule has 1 fully saturated rings. The maximum atomic E-state index is 11.2. The number of nitrogens with zero attached hydrogens (tertiary/aromatic N) is 1. The van der Waals surface area contributed by atoms with E-state index in [0.29, 0.717) is 18.9 Å². The predicted octanol–water partition coefficient (Wildman–Crippen LogP) is 1.93. The average molecular weight is 316 g/mol. The number of aryl methyl sites for hydroxylation is 1. The fourth-order valence-electron chi connectivity index (χ4n) is 2.68. The van der Waals surface area contributed by atoms with Gasteiger partial charge in [-0.15, -0.1) is 0 Å². The van der Waals surface area contributed by atoms with Crippen molar-refractivity contribution in [3.8, 4) is 0 Å². The molecule has 0 spiro atoms. The lowest BCUT2D eigenvalue weighted by molar-refractivity contribution is -0.122. The highest BCUT2D eigenvalue weighted by Crippen LogP contribution is 2.16. The van der Waals surface area contributed by atoms with E-state index < -0.39 is 0 Å². The third-order valence-corrected chi connectivity index (χ3v) is 4.08. The zero-order valence-corrected chi connectivity index (χ0v) is 14.4. The smallest absolute Gasteiger partial charge is 0.220 e. The van der Waals surface area contributed by atoms with Crippen LogP contribution in [0.25, 0.3) is 0 Å². The number of benzene rings is 1. The molecule has 1 aliphatic rings. The molecule has 2 atom stereocenters. The van der Waals surface area contributed by atoms with Crippen molar-refractivity contribution in [2.24, 2.45) is 4.99 Å². The van der Waals surface area contributed by atoms with E-state index in [9.17, 15) is 4.79 Å². The molecule has 1 saturated heterocycles. The molecule has 0 bridgehead atoms. The topological polar surface area (TPSA) is 65.5 Å². The highest BCUT2D eigenvalue weighted by atomic mass is 16.1. The zero-order valence-electron chi connectivity index (χ0n) is 14.4. The minimum absolute atomic E-state index is 0.137. The molecule has 5 nitrogen and oxygen atoms in total. The number of piperidine rings is 1. The number of carbonyl (C=O) groups is 1. The minimum atomic E-state index is 0.137. The van der Waals surface area contributed by atoms with Gasteiger partial charge in [-0.25, -0.2) is 0 Å². The van der Waals surface area contributed by atoms with E-state index in [-0.39, 0.29) is 11.9 Å². The van der Waals surface area contributed by atoms with E-state index in [2.05, 4.69) is 61.0 Å². The third-order valence-electron chi connectivity index (χ3n) is 4.08. The number of rotatable bonds is 5. The van der Waals surface area contributed by atoms with Crippen LogP contribution in [0, 0.1) is 6.92 Å². The highest BCUT2D eigenvalue weighted by Gasteiger charge is 2.18. The van der Waals surface area contributed by atoms with Gasteiger partial charge in [-0.05, 0) is 25.8 Å². The van der Waals surface area contributed by atoms with Crippen LogP contribution in [0.1, 0.15) is 43.7 Å². The van der Waals surface area contributed by atoms with Crippen LogP contribution in [-0.4, -0.2) is 37.5 Å². The molecule has 23 heavy (non-hydrogen) atoms. The number of nitrogens with one attached hydrogen (secondary N) is 3. The summed E-state index contributed by atoms with van der Waals surface area (Å²) < 4.78 is 0. The molecule has 1 aromatic rings. The lowest BCUT2D eigenvalue weighted by Gasteiger charge is -2.25. The molecule has 0 aromatic heterocycles. The lowest BCUT2D eigenvalue weighted by atomic mass is 10.00. The number of guanidine groups is 1. The van der Waals surface area contributed by atoms with Crippen LogP contribution < -0.4 is 16.0 Å². The molecule has 1 heterocycles. The van der Waals surface area contributed by atoms with Gasteiger partial charge < -0.3 is 16.0 Å². The van der Waals surface area contributed by atoms with Gasteiger partial charge in [0, 0.05) is 38.0 Å². The Morgan fingerprint density at radius 1 is 1.48 bits per heavy atom. The van der Waals surface area contributed by atoms with Gasteiger partial charge in [-0.1, -0.05) is 36.8 Å². The van der Waals surface area contributed by atoms with Gasteiger partial charge >= 0.3 is 0 Å². The van der Waals surface area contributed by atoms with Gasteiger partial charge in [0.1, 0.15) is 0 Å². The van der Waals surface area contributed by atoms with Crippen LogP contribution in [0.5, 0.6) is 0 Å². The van der Waals surface area contributed by atoms with Gasteiger partial charge in [-0.2, -0.15) is 0 Å². The Balaban J connectivity index is 1.93. The SMILES string of the molecule is CCNC(=NCC(C)c1cccc(C)c1)NC1CCC(=O)NC1. The molecule has 5 heteroatoms. The van der Waals surface area contributed by atoms with Crippen molar-refractivity contribution in [3.05, 3.63) is 35.4 Å². The van der Waals surface area contributed by atoms with Gasteiger partial charge in [0.25, 0.3) is 0 Å². The Kier molecular flexibility index (Phi) is 6.44. The van der Waals surface area contributed by atoms with E-state index in [4.69, 9.17) is 4.99 Å². The second-order valence-corrected chi connectivity index (χ2v) is 6.22. The lowest BCUT2D eigenvalue weighted by Crippen LogP contribution is -2.51. The summed E-state index contributed by atoms with van der Waals surface area (Å²) in [5, 5.41) is 9.60. The van der Waals surface area contributed by atoms with Crippen molar-refractivity contribution in [1.82, 2.24) is 16.0 Å². The first-order valence-electron chi connectivity index (χ1n) is 8.46. The molecule has 0 saturated carbocycles. The monoisotopic (exact) mass is 316 g/mol. The van der Waals surface area contributed by atoms with Gasteiger partial charge in [0.15, 0.2) is 5.96 Å². The normalized spacial score (nSPS) is 19.9. The quantitative estimate of drug-likeness (QED) is 0.574. The Bertz CT molecular complexity index is 546. The second-order valence-electron chi connectivity index (χ2n) is 6.22. The number of aliphatic imine (C=N–C) groups is 1. The van der Waals surface area contributed by atoms with E-state index in [1.54, 1.807) is 0 Å². The molecule has 2 rings (SSSR count). The summed E-state index contributed by atoms with van der Waals surface area (Å²) in [5.74, 6) is 1.34. The molecule has 0 radical (unpaired) electrons. The van der Waals surface area contributed by atoms with Gasteiger partial charge in [-0.3, -0.25) is 9.79 Å². The largest absolute Gasteiger partial charge is 0.357 e. The van der Waals surface area contributed by atoms with Gasteiger partial charge in [0.2, 0.25) is 5.91 Å². The number of amides is 1. The fourth-order valence-corrected chi connectivity index (χ4v) is 2.68. The van der Waals surface area contributed by atoms with Crippen LogP contribution in [0.15, 0.2) is 29.3 Å². The first-order valence-corrected chi connectivity index (χ1v) is 8.46. The number of hydrogen-bond acceptors (Lipinski definition) is 2. The summed E-state index contributed by atoms with van der Waals surface area (Å²) in [6.45, 7) is 8.59. The van der Waals surface area contributed by atoms with Crippen LogP contribution in [0.3, 0.4) is 0 Å². The van der Waals surface area contributed by atoms with Crippen molar-refractivity contribution in [2.75, 3.05) is 19.6 Å². The standard InChI is InChI=1S/C18H28N4O/c1-4-19-18(22-16-8-9-17(23)20-12-16)21-11-14(3)15-7-5-6-13(2)10-15/h5-7,10,14,16H,4,8-9,11-12H2,1-3H3,(H,20,23)(H2,19,21,22). The Morgan fingerprint density at radius 2 is 2.30 bits per heavy atom. The average Bonchev–Trinajstić information content (AvgIpc) is 2.54.